The topological polar surface area (TPSA) is 20.2 Å². The molecule has 0 amide bonds. The fourth-order valence-corrected chi connectivity index (χ4v) is 2.70. The van der Waals surface area contributed by atoms with Gasteiger partial charge in [-0.15, -0.1) is 0 Å². The van der Waals surface area contributed by atoms with Gasteiger partial charge < -0.3 is 5.11 Å². The number of hydrogen-bond acceptors (Lipinski definition) is 1. The highest BCUT2D eigenvalue weighted by atomic mass is 19.1. The molecule has 0 aliphatic heterocycles. The molecule has 0 unspecified atom stereocenters. The minimum Gasteiger partial charge on any atom is -0.388 e. The summed E-state index contributed by atoms with van der Waals surface area (Å²) in [5.41, 5.74) is 3.78. The Kier molecular flexibility index (Phi) is 5.02. The monoisotopic (exact) mass is 324 g/mol. The zero-order valence-electron chi connectivity index (χ0n) is 13.1. The van der Waals surface area contributed by atoms with Gasteiger partial charge in [-0.25, -0.2) is 8.78 Å². The second-order valence-corrected chi connectivity index (χ2v) is 5.81. The van der Waals surface area contributed by atoms with Gasteiger partial charge in [0, 0.05) is 0 Å². The van der Waals surface area contributed by atoms with Gasteiger partial charge in [0.05, 0.1) is 6.10 Å². The zero-order chi connectivity index (χ0) is 16.9. The standard InChI is InChI=1S/C21H18F2O/c22-19-9-5-16(6-10-19)18-3-1-2-15(14-18)4-13-21(24)17-7-11-20(23)12-8-17/h1-3,5-12,14,21,24H,4,13H2/t21-/m1/s1. The molecule has 3 aromatic rings. The van der Waals surface area contributed by atoms with E-state index in [9.17, 15) is 13.9 Å². The van der Waals surface area contributed by atoms with Gasteiger partial charge in [0.1, 0.15) is 11.6 Å². The molecule has 0 radical (unpaired) electrons. The van der Waals surface area contributed by atoms with E-state index in [1.165, 1.54) is 24.3 Å². The first kappa shape index (κ1) is 16.3. The number of benzene rings is 3. The van der Waals surface area contributed by atoms with Crippen LogP contribution in [0.15, 0.2) is 72.8 Å². The Balaban J connectivity index is 1.68. The van der Waals surface area contributed by atoms with E-state index in [4.69, 9.17) is 0 Å². The van der Waals surface area contributed by atoms with Crippen LogP contribution in [0.5, 0.6) is 0 Å². The summed E-state index contributed by atoms with van der Waals surface area (Å²) in [6, 6.07) is 20.3. The molecule has 3 aromatic carbocycles. The van der Waals surface area contributed by atoms with Gasteiger partial charge >= 0.3 is 0 Å². The highest BCUT2D eigenvalue weighted by Crippen LogP contribution is 2.24. The highest BCUT2D eigenvalue weighted by molar-refractivity contribution is 5.64. The maximum atomic E-state index is 13.0. The average molecular weight is 324 g/mol. The third kappa shape index (κ3) is 4.06. The number of aliphatic hydroxyl groups excluding tert-OH is 1. The van der Waals surface area contributed by atoms with Crippen LogP contribution in [0.2, 0.25) is 0 Å². The lowest BCUT2D eigenvalue weighted by molar-refractivity contribution is 0.168. The highest BCUT2D eigenvalue weighted by Gasteiger charge is 2.08. The first-order valence-electron chi connectivity index (χ1n) is 7.90. The van der Waals surface area contributed by atoms with Crippen molar-refractivity contribution in [3.05, 3.63) is 95.6 Å². The van der Waals surface area contributed by atoms with E-state index in [1.54, 1.807) is 24.3 Å². The van der Waals surface area contributed by atoms with E-state index >= 15 is 0 Å². The van der Waals surface area contributed by atoms with E-state index in [0.29, 0.717) is 18.4 Å². The quantitative estimate of drug-likeness (QED) is 0.675. The van der Waals surface area contributed by atoms with Crippen molar-refractivity contribution in [2.24, 2.45) is 0 Å². The Labute approximate surface area is 140 Å². The molecule has 0 spiro atoms. The predicted octanol–water partition coefficient (Wildman–Crippen LogP) is 5.30. The van der Waals surface area contributed by atoms with Crippen molar-refractivity contribution < 1.29 is 13.9 Å². The zero-order valence-corrected chi connectivity index (χ0v) is 13.1. The number of rotatable bonds is 5. The molecule has 1 N–H and O–H groups in total. The van der Waals surface area contributed by atoms with Gasteiger partial charge in [-0.3, -0.25) is 0 Å². The molecule has 0 saturated carbocycles. The summed E-state index contributed by atoms with van der Waals surface area (Å²) < 4.78 is 26.0. The largest absolute Gasteiger partial charge is 0.388 e. The number of halogens is 2. The number of aliphatic hydroxyl groups is 1. The second kappa shape index (κ2) is 7.37. The summed E-state index contributed by atoms with van der Waals surface area (Å²) >= 11 is 0. The summed E-state index contributed by atoms with van der Waals surface area (Å²) in [4.78, 5) is 0. The first-order valence-corrected chi connectivity index (χ1v) is 7.90. The van der Waals surface area contributed by atoms with Crippen molar-refractivity contribution in [2.75, 3.05) is 0 Å². The van der Waals surface area contributed by atoms with Crippen LogP contribution in [-0.4, -0.2) is 5.11 Å². The SMILES string of the molecule is O[C@H](CCc1cccc(-c2ccc(F)cc2)c1)c1ccc(F)cc1. The molecule has 3 heteroatoms. The summed E-state index contributed by atoms with van der Waals surface area (Å²) in [6.07, 6.45) is 0.631. The predicted molar refractivity (Wildman–Crippen MR) is 91.5 cm³/mol. The number of aryl methyl sites for hydroxylation is 1. The molecule has 0 aliphatic rings. The normalized spacial score (nSPS) is 12.1. The van der Waals surface area contributed by atoms with E-state index in [0.717, 1.165) is 16.7 Å². The van der Waals surface area contributed by atoms with Crippen LogP contribution in [0.25, 0.3) is 11.1 Å². The molecule has 1 nitrogen and oxygen atoms in total. The third-order valence-corrected chi connectivity index (χ3v) is 4.07. The molecular weight excluding hydrogens is 306 g/mol. The minimum absolute atomic E-state index is 0.252. The fraction of sp³-hybridized carbons (Fsp3) is 0.143. The van der Waals surface area contributed by atoms with Gasteiger partial charge in [0.25, 0.3) is 0 Å². The van der Waals surface area contributed by atoms with Crippen LogP contribution < -0.4 is 0 Å². The Morgan fingerprint density at radius 1 is 0.750 bits per heavy atom. The molecule has 0 aromatic heterocycles. The van der Waals surface area contributed by atoms with E-state index in [1.807, 2.05) is 24.3 Å². The molecule has 0 bridgehead atoms. The molecule has 0 saturated heterocycles. The first-order chi connectivity index (χ1) is 11.6. The van der Waals surface area contributed by atoms with Crippen LogP contribution in [-0.2, 0) is 6.42 Å². The Morgan fingerprint density at radius 3 is 2.04 bits per heavy atom. The van der Waals surface area contributed by atoms with Gasteiger partial charge in [0.2, 0.25) is 0 Å². The second-order valence-electron chi connectivity index (χ2n) is 5.81. The molecule has 1 atom stereocenters. The summed E-state index contributed by atoms with van der Waals surface area (Å²) in [7, 11) is 0. The molecule has 0 aliphatic carbocycles. The van der Waals surface area contributed by atoms with Crippen LogP contribution in [0.4, 0.5) is 8.78 Å². The van der Waals surface area contributed by atoms with E-state index < -0.39 is 6.10 Å². The molecule has 0 fully saturated rings. The molecule has 0 heterocycles. The molecular formula is C21H18F2O. The smallest absolute Gasteiger partial charge is 0.123 e. The van der Waals surface area contributed by atoms with Crippen LogP contribution in [0.3, 0.4) is 0 Å². The van der Waals surface area contributed by atoms with Crippen molar-refractivity contribution in [3.8, 4) is 11.1 Å². The Hall–Kier alpha value is -2.52. The van der Waals surface area contributed by atoms with Crippen molar-refractivity contribution in [2.45, 2.75) is 18.9 Å². The lowest BCUT2D eigenvalue weighted by Gasteiger charge is -2.12. The third-order valence-electron chi connectivity index (χ3n) is 4.07. The van der Waals surface area contributed by atoms with Crippen molar-refractivity contribution in [1.29, 1.82) is 0 Å². The Bertz CT molecular complexity index is 795. The molecule has 24 heavy (non-hydrogen) atoms. The van der Waals surface area contributed by atoms with Gasteiger partial charge in [-0.05, 0) is 59.4 Å². The van der Waals surface area contributed by atoms with E-state index in [-0.39, 0.29) is 11.6 Å². The van der Waals surface area contributed by atoms with Crippen molar-refractivity contribution in [1.82, 2.24) is 0 Å². The van der Waals surface area contributed by atoms with Gasteiger partial charge in [-0.2, -0.15) is 0 Å². The lowest BCUT2D eigenvalue weighted by Crippen LogP contribution is -2.00. The summed E-state index contributed by atoms with van der Waals surface area (Å²) in [5, 5.41) is 10.2. The number of hydrogen-bond donors (Lipinski definition) is 1. The maximum Gasteiger partial charge on any atom is 0.123 e. The fourth-order valence-electron chi connectivity index (χ4n) is 2.70. The summed E-state index contributed by atoms with van der Waals surface area (Å²) in [6.45, 7) is 0. The van der Waals surface area contributed by atoms with Crippen molar-refractivity contribution >= 4 is 0 Å². The Morgan fingerprint density at radius 2 is 1.38 bits per heavy atom. The summed E-state index contributed by atoms with van der Waals surface area (Å²) in [5.74, 6) is -0.560. The minimum atomic E-state index is -0.625. The average Bonchev–Trinajstić information content (AvgIpc) is 2.61. The van der Waals surface area contributed by atoms with Gasteiger partial charge in [0.15, 0.2) is 0 Å². The van der Waals surface area contributed by atoms with Gasteiger partial charge in [-0.1, -0.05) is 48.5 Å². The molecule has 3 rings (SSSR count). The van der Waals surface area contributed by atoms with Crippen LogP contribution >= 0.6 is 0 Å². The maximum absolute atomic E-state index is 13.0. The lowest BCUT2D eigenvalue weighted by atomic mass is 9.98. The molecule has 122 valence electrons. The van der Waals surface area contributed by atoms with Crippen molar-refractivity contribution in [3.63, 3.8) is 0 Å². The van der Waals surface area contributed by atoms with Crippen LogP contribution in [0, 0.1) is 11.6 Å². The van der Waals surface area contributed by atoms with Crippen LogP contribution in [0.1, 0.15) is 23.7 Å². The van der Waals surface area contributed by atoms with E-state index in [2.05, 4.69) is 0 Å².